The number of aryl methyl sites for hydroxylation is 3. The maximum Gasteiger partial charge on any atom is 0.250 e. The highest BCUT2D eigenvalue weighted by Crippen LogP contribution is 2.21. The van der Waals surface area contributed by atoms with E-state index in [0.29, 0.717) is 5.16 Å². The van der Waals surface area contributed by atoms with Crippen molar-refractivity contribution in [2.24, 2.45) is 5.10 Å². The zero-order valence-electron chi connectivity index (χ0n) is 16.4. The summed E-state index contributed by atoms with van der Waals surface area (Å²) in [6.07, 6.45) is 4.98. The van der Waals surface area contributed by atoms with Crippen molar-refractivity contribution in [3.05, 3.63) is 70.8 Å². The number of benzene rings is 1. The van der Waals surface area contributed by atoms with Crippen molar-refractivity contribution in [1.82, 2.24) is 20.0 Å². The fourth-order valence-corrected chi connectivity index (χ4v) is 3.47. The van der Waals surface area contributed by atoms with E-state index >= 15 is 0 Å². The standard InChI is InChI=1S/C21H23N5OS/c1-14-6-7-19(10-15(14)2)26-16(3)11-18(17(26)4)12-24-25-20(27)13-28-21-22-8-5-9-23-21/h5-12H,13H2,1-4H3,(H,25,27)/b24-12-. The van der Waals surface area contributed by atoms with Gasteiger partial charge in [-0.1, -0.05) is 17.8 Å². The number of hydrogen-bond donors (Lipinski definition) is 1. The number of aromatic nitrogens is 3. The number of carbonyl (C=O) groups excluding carboxylic acids is 1. The first-order valence-electron chi connectivity index (χ1n) is 8.94. The number of thioether (sulfide) groups is 1. The summed E-state index contributed by atoms with van der Waals surface area (Å²) in [5, 5.41) is 4.67. The Morgan fingerprint density at radius 2 is 1.89 bits per heavy atom. The van der Waals surface area contributed by atoms with Crippen LogP contribution in [0.5, 0.6) is 0 Å². The van der Waals surface area contributed by atoms with E-state index in [1.165, 1.54) is 22.9 Å². The van der Waals surface area contributed by atoms with Crippen LogP contribution in [0, 0.1) is 27.7 Å². The van der Waals surface area contributed by atoms with Crippen LogP contribution in [0.2, 0.25) is 0 Å². The number of nitrogens with one attached hydrogen (secondary N) is 1. The summed E-state index contributed by atoms with van der Waals surface area (Å²) in [7, 11) is 0. The molecule has 1 N–H and O–H groups in total. The van der Waals surface area contributed by atoms with Gasteiger partial charge >= 0.3 is 0 Å². The molecule has 0 saturated carbocycles. The lowest BCUT2D eigenvalue weighted by Crippen LogP contribution is -2.19. The molecule has 2 heterocycles. The van der Waals surface area contributed by atoms with Gasteiger partial charge in [0.05, 0.1) is 12.0 Å². The van der Waals surface area contributed by atoms with E-state index in [1.807, 2.05) is 6.92 Å². The molecule has 6 nitrogen and oxygen atoms in total. The van der Waals surface area contributed by atoms with Gasteiger partial charge in [-0.15, -0.1) is 0 Å². The highest BCUT2D eigenvalue weighted by Gasteiger charge is 2.10. The van der Waals surface area contributed by atoms with E-state index < -0.39 is 0 Å². The molecule has 0 radical (unpaired) electrons. The molecule has 0 saturated heterocycles. The number of carbonyl (C=O) groups is 1. The molecular formula is C21H23N5OS. The third-order valence-electron chi connectivity index (χ3n) is 4.49. The summed E-state index contributed by atoms with van der Waals surface area (Å²) in [5.74, 6) is 0.0138. The van der Waals surface area contributed by atoms with Gasteiger partial charge in [0.2, 0.25) is 0 Å². The highest BCUT2D eigenvalue weighted by atomic mass is 32.2. The second kappa shape index (κ2) is 8.84. The SMILES string of the molecule is Cc1ccc(-n2c(C)cc(/C=N\NC(=O)CSc3ncccn3)c2C)cc1C. The van der Waals surface area contributed by atoms with Gasteiger partial charge in [0, 0.05) is 35.0 Å². The molecule has 28 heavy (non-hydrogen) atoms. The molecule has 0 fully saturated rings. The van der Waals surface area contributed by atoms with E-state index in [1.54, 1.807) is 24.7 Å². The Morgan fingerprint density at radius 3 is 2.61 bits per heavy atom. The lowest BCUT2D eigenvalue weighted by molar-refractivity contribution is -0.118. The summed E-state index contributed by atoms with van der Waals surface area (Å²) in [6, 6.07) is 10.2. The Morgan fingerprint density at radius 1 is 1.14 bits per heavy atom. The number of nitrogens with zero attached hydrogens (tertiary/aromatic N) is 4. The molecule has 2 aromatic heterocycles. The van der Waals surface area contributed by atoms with Gasteiger partial charge in [0.15, 0.2) is 5.16 Å². The van der Waals surface area contributed by atoms with Crippen LogP contribution in [0.25, 0.3) is 5.69 Å². The van der Waals surface area contributed by atoms with Crippen LogP contribution in [-0.4, -0.2) is 32.4 Å². The quantitative estimate of drug-likeness (QED) is 0.300. The summed E-state index contributed by atoms with van der Waals surface area (Å²) in [5.41, 5.74) is 9.37. The van der Waals surface area contributed by atoms with Gasteiger partial charge in [0.1, 0.15) is 0 Å². The Hall–Kier alpha value is -2.93. The predicted molar refractivity (Wildman–Crippen MR) is 113 cm³/mol. The number of hydrogen-bond acceptors (Lipinski definition) is 5. The first-order chi connectivity index (χ1) is 13.5. The van der Waals surface area contributed by atoms with Crippen LogP contribution < -0.4 is 5.43 Å². The van der Waals surface area contributed by atoms with E-state index in [4.69, 9.17) is 0 Å². The van der Waals surface area contributed by atoms with Crippen LogP contribution in [-0.2, 0) is 4.79 Å². The fraction of sp³-hybridized carbons (Fsp3) is 0.238. The topological polar surface area (TPSA) is 72.2 Å². The minimum Gasteiger partial charge on any atom is -0.318 e. The molecule has 0 unspecified atom stereocenters. The van der Waals surface area contributed by atoms with Crippen LogP contribution in [0.15, 0.2) is 53.0 Å². The Bertz CT molecular complexity index is 1010. The zero-order valence-corrected chi connectivity index (χ0v) is 17.2. The van der Waals surface area contributed by atoms with Gasteiger partial charge < -0.3 is 4.57 Å². The summed E-state index contributed by atoms with van der Waals surface area (Å²) in [4.78, 5) is 20.1. The average molecular weight is 394 g/mol. The van der Waals surface area contributed by atoms with Gasteiger partial charge in [-0.05, 0) is 63.1 Å². The first kappa shape index (κ1) is 19.8. The number of amides is 1. The van der Waals surface area contributed by atoms with E-state index in [-0.39, 0.29) is 11.7 Å². The van der Waals surface area contributed by atoms with Crippen molar-refractivity contribution in [2.45, 2.75) is 32.9 Å². The molecule has 3 aromatic rings. The van der Waals surface area contributed by atoms with Crippen LogP contribution in [0.4, 0.5) is 0 Å². The van der Waals surface area contributed by atoms with E-state index in [0.717, 1.165) is 22.6 Å². The van der Waals surface area contributed by atoms with Crippen molar-refractivity contribution in [1.29, 1.82) is 0 Å². The molecule has 0 aliphatic carbocycles. The minimum atomic E-state index is -0.198. The fourth-order valence-electron chi connectivity index (χ4n) is 2.88. The van der Waals surface area contributed by atoms with Crippen molar-refractivity contribution < 1.29 is 4.79 Å². The molecule has 0 atom stereocenters. The molecule has 7 heteroatoms. The van der Waals surface area contributed by atoms with Crippen molar-refractivity contribution in [2.75, 3.05) is 5.75 Å². The Kier molecular flexibility index (Phi) is 6.26. The van der Waals surface area contributed by atoms with Crippen LogP contribution >= 0.6 is 11.8 Å². The largest absolute Gasteiger partial charge is 0.318 e. The molecule has 3 rings (SSSR count). The predicted octanol–water partition coefficient (Wildman–Crippen LogP) is 3.74. The van der Waals surface area contributed by atoms with Gasteiger partial charge in [0.25, 0.3) is 5.91 Å². The average Bonchev–Trinajstić information content (AvgIpc) is 2.97. The van der Waals surface area contributed by atoms with Crippen molar-refractivity contribution in [3.63, 3.8) is 0 Å². The smallest absolute Gasteiger partial charge is 0.250 e. The molecule has 1 amide bonds. The second-order valence-electron chi connectivity index (χ2n) is 6.54. The van der Waals surface area contributed by atoms with Crippen molar-refractivity contribution >= 4 is 23.9 Å². The van der Waals surface area contributed by atoms with Gasteiger partial charge in [-0.2, -0.15) is 5.10 Å². The molecule has 0 aliphatic rings. The lowest BCUT2D eigenvalue weighted by Gasteiger charge is -2.11. The van der Waals surface area contributed by atoms with E-state index in [9.17, 15) is 4.79 Å². The zero-order chi connectivity index (χ0) is 20.1. The van der Waals surface area contributed by atoms with Gasteiger partial charge in [-0.25, -0.2) is 15.4 Å². The highest BCUT2D eigenvalue weighted by molar-refractivity contribution is 7.99. The molecule has 144 valence electrons. The molecule has 0 aliphatic heterocycles. The normalized spacial score (nSPS) is 11.1. The molecule has 0 spiro atoms. The Labute approximate surface area is 169 Å². The first-order valence-corrected chi connectivity index (χ1v) is 9.92. The summed E-state index contributed by atoms with van der Waals surface area (Å²) < 4.78 is 2.19. The van der Waals surface area contributed by atoms with Gasteiger partial charge in [-0.3, -0.25) is 4.79 Å². The molecule has 1 aromatic carbocycles. The lowest BCUT2D eigenvalue weighted by atomic mass is 10.1. The monoisotopic (exact) mass is 393 g/mol. The number of hydrazone groups is 1. The molecule has 0 bridgehead atoms. The second-order valence-corrected chi connectivity index (χ2v) is 7.49. The van der Waals surface area contributed by atoms with Crippen molar-refractivity contribution in [3.8, 4) is 5.69 Å². The third kappa shape index (κ3) is 4.67. The number of rotatable bonds is 6. The summed E-state index contributed by atoms with van der Waals surface area (Å²) >= 11 is 1.27. The minimum absolute atomic E-state index is 0.198. The maximum atomic E-state index is 11.9. The third-order valence-corrected chi connectivity index (χ3v) is 5.36. The maximum absolute atomic E-state index is 11.9. The van der Waals surface area contributed by atoms with Crippen LogP contribution in [0.3, 0.4) is 0 Å². The Balaban J connectivity index is 1.66. The summed E-state index contributed by atoms with van der Waals surface area (Å²) in [6.45, 7) is 8.34. The van der Waals surface area contributed by atoms with E-state index in [2.05, 4.69) is 70.1 Å². The molecular weight excluding hydrogens is 370 g/mol. The van der Waals surface area contributed by atoms with Crippen LogP contribution in [0.1, 0.15) is 28.1 Å².